The summed E-state index contributed by atoms with van der Waals surface area (Å²) in [7, 11) is 0. The number of nitrogens with zero attached hydrogens (tertiary/aromatic N) is 2. The molecule has 20 heavy (non-hydrogen) atoms. The van der Waals surface area contributed by atoms with Crippen LogP contribution in [0.25, 0.3) is 10.9 Å². The molecule has 1 aliphatic rings. The average Bonchev–Trinajstić information content (AvgIpc) is 3.11. The summed E-state index contributed by atoms with van der Waals surface area (Å²) < 4.78 is 37.7. The van der Waals surface area contributed by atoms with Gasteiger partial charge in [0.2, 0.25) is 0 Å². The van der Waals surface area contributed by atoms with E-state index in [9.17, 15) is 18.0 Å². The van der Waals surface area contributed by atoms with Crippen molar-refractivity contribution in [3.8, 4) is 0 Å². The van der Waals surface area contributed by atoms with E-state index in [4.69, 9.17) is 0 Å². The largest absolute Gasteiger partial charge is 0.406 e. The number of hydrogen-bond acceptors (Lipinski definition) is 2. The van der Waals surface area contributed by atoms with Gasteiger partial charge >= 0.3 is 6.18 Å². The summed E-state index contributed by atoms with van der Waals surface area (Å²) in [4.78, 5) is 13.2. The number of alkyl halides is 3. The van der Waals surface area contributed by atoms with Gasteiger partial charge in [-0.05, 0) is 25.0 Å². The van der Waals surface area contributed by atoms with Gasteiger partial charge in [0.1, 0.15) is 6.54 Å². The number of hydrogen-bond donors (Lipinski definition) is 1. The maximum atomic E-state index is 12.6. The van der Waals surface area contributed by atoms with Crippen LogP contribution in [0.1, 0.15) is 23.2 Å². The maximum absolute atomic E-state index is 12.6. The number of carbonyl (C=O) groups is 1. The number of aromatic amines is 1. The first-order valence-corrected chi connectivity index (χ1v) is 6.25. The monoisotopic (exact) mass is 283 g/mol. The molecule has 0 radical (unpaired) electrons. The van der Waals surface area contributed by atoms with E-state index < -0.39 is 18.6 Å². The van der Waals surface area contributed by atoms with Gasteiger partial charge in [0.25, 0.3) is 5.91 Å². The van der Waals surface area contributed by atoms with Crippen LogP contribution in [0.15, 0.2) is 24.4 Å². The Balaban J connectivity index is 1.88. The lowest BCUT2D eigenvalue weighted by Gasteiger charge is -2.23. The number of benzene rings is 1. The molecule has 1 amide bonds. The number of fused-ring (bicyclic) bond motifs is 1. The van der Waals surface area contributed by atoms with Crippen LogP contribution in [0.2, 0.25) is 0 Å². The van der Waals surface area contributed by atoms with Crippen molar-refractivity contribution in [3.05, 3.63) is 30.0 Å². The Kier molecular flexibility index (Phi) is 2.92. The number of nitrogens with one attached hydrogen (secondary N) is 1. The van der Waals surface area contributed by atoms with Gasteiger partial charge in [-0.2, -0.15) is 18.3 Å². The standard InChI is InChI=1S/C13H12F3N3O/c14-13(15,16)7-19(10-3-4-10)12(20)8-1-2-9-6-17-18-11(9)5-8/h1-2,5-6,10H,3-4,7H2,(H,17,18). The molecule has 0 spiro atoms. The van der Waals surface area contributed by atoms with E-state index in [1.54, 1.807) is 12.3 Å². The average molecular weight is 283 g/mol. The smallest absolute Gasteiger partial charge is 0.327 e. The molecule has 7 heteroatoms. The fraction of sp³-hybridized carbons (Fsp3) is 0.385. The fourth-order valence-corrected chi connectivity index (χ4v) is 2.18. The number of carbonyl (C=O) groups excluding carboxylic acids is 1. The minimum atomic E-state index is -4.38. The molecule has 1 fully saturated rings. The van der Waals surface area contributed by atoms with Crippen molar-refractivity contribution in [3.63, 3.8) is 0 Å². The lowest BCUT2D eigenvalue weighted by Crippen LogP contribution is -2.40. The number of H-pyrrole nitrogens is 1. The summed E-state index contributed by atoms with van der Waals surface area (Å²) in [5.41, 5.74) is 0.886. The van der Waals surface area contributed by atoms with E-state index >= 15 is 0 Å². The van der Waals surface area contributed by atoms with Crippen LogP contribution in [0.5, 0.6) is 0 Å². The summed E-state index contributed by atoms with van der Waals surface area (Å²) in [6.45, 7) is -1.20. The highest BCUT2D eigenvalue weighted by molar-refractivity contribution is 5.98. The van der Waals surface area contributed by atoms with Gasteiger partial charge in [-0.1, -0.05) is 6.07 Å². The molecule has 0 saturated heterocycles. The van der Waals surface area contributed by atoms with Crippen LogP contribution in [0, 0.1) is 0 Å². The summed E-state index contributed by atoms with van der Waals surface area (Å²) in [6, 6.07) is 4.45. The summed E-state index contributed by atoms with van der Waals surface area (Å²) in [6.07, 6.45) is -1.52. The molecular weight excluding hydrogens is 271 g/mol. The van der Waals surface area contributed by atoms with Crippen molar-refractivity contribution < 1.29 is 18.0 Å². The molecule has 0 bridgehead atoms. The quantitative estimate of drug-likeness (QED) is 0.941. The Morgan fingerprint density at radius 1 is 1.40 bits per heavy atom. The zero-order chi connectivity index (χ0) is 14.3. The van der Waals surface area contributed by atoms with Crippen molar-refractivity contribution >= 4 is 16.8 Å². The molecule has 4 nitrogen and oxygen atoms in total. The molecule has 0 aliphatic heterocycles. The summed E-state index contributed by atoms with van der Waals surface area (Å²) >= 11 is 0. The fourth-order valence-electron chi connectivity index (χ4n) is 2.18. The number of rotatable bonds is 3. The van der Waals surface area contributed by atoms with Gasteiger partial charge in [0.05, 0.1) is 11.7 Å². The Hall–Kier alpha value is -2.05. The summed E-state index contributed by atoms with van der Waals surface area (Å²) in [5, 5.41) is 7.34. The third-order valence-electron chi connectivity index (χ3n) is 3.29. The second-order valence-electron chi connectivity index (χ2n) is 4.95. The molecule has 1 heterocycles. The van der Waals surface area contributed by atoms with Gasteiger partial charge in [-0.15, -0.1) is 0 Å². The van der Waals surface area contributed by atoms with E-state index in [-0.39, 0.29) is 11.6 Å². The first-order valence-electron chi connectivity index (χ1n) is 6.25. The van der Waals surface area contributed by atoms with Gasteiger partial charge in [0, 0.05) is 17.0 Å². The van der Waals surface area contributed by atoms with E-state index in [0.717, 1.165) is 10.3 Å². The Morgan fingerprint density at radius 2 is 2.15 bits per heavy atom. The maximum Gasteiger partial charge on any atom is 0.406 e. The molecule has 2 aromatic rings. The normalized spacial score (nSPS) is 15.6. The van der Waals surface area contributed by atoms with Crippen molar-refractivity contribution in [1.29, 1.82) is 0 Å². The molecule has 1 saturated carbocycles. The molecule has 1 aromatic heterocycles. The van der Waals surface area contributed by atoms with Gasteiger partial charge in [-0.25, -0.2) is 0 Å². The van der Waals surface area contributed by atoms with Crippen molar-refractivity contribution in [2.45, 2.75) is 25.1 Å². The topological polar surface area (TPSA) is 49.0 Å². The molecule has 3 rings (SSSR count). The molecule has 0 atom stereocenters. The van der Waals surface area contributed by atoms with E-state index in [0.29, 0.717) is 18.4 Å². The highest BCUT2D eigenvalue weighted by Crippen LogP contribution is 2.31. The van der Waals surface area contributed by atoms with Gasteiger partial charge in [-0.3, -0.25) is 9.89 Å². The zero-order valence-electron chi connectivity index (χ0n) is 10.4. The zero-order valence-corrected chi connectivity index (χ0v) is 10.4. The van der Waals surface area contributed by atoms with Gasteiger partial charge < -0.3 is 4.90 Å². The highest BCUT2D eigenvalue weighted by Gasteiger charge is 2.40. The predicted molar refractivity (Wildman–Crippen MR) is 66.2 cm³/mol. The van der Waals surface area contributed by atoms with Crippen LogP contribution >= 0.6 is 0 Å². The first kappa shape index (κ1) is 13.0. The lowest BCUT2D eigenvalue weighted by molar-refractivity contribution is -0.141. The molecule has 1 N–H and O–H groups in total. The predicted octanol–water partition coefficient (Wildman–Crippen LogP) is 2.73. The summed E-state index contributed by atoms with van der Waals surface area (Å²) in [5.74, 6) is -0.582. The highest BCUT2D eigenvalue weighted by atomic mass is 19.4. The van der Waals surface area contributed by atoms with Crippen LogP contribution in [0.3, 0.4) is 0 Å². The third-order valence-corrected chi connectivity index (χ3v) is 3.29. The number of amides is 1. The Morgan fingerprint density at radius 3 is 2.80 bits per heavy atom. The van der Waals surface area contributed by atoms with Crippen LogP contribution in [-0.4, -0.2) is 39.8 Å². The van der Waals surface area contributed by atoms with E-state index in [2.05, 4.69) is 10.2 Å². The van der Waals surface area contributed by atoms with Crippen molar-refractivity contribution in [2.24, 2.45) is 0 Å². The lowest BCUT2D eigenvalue weighted by atomic mass is 10.1. The Labute approximate surface area is 112 Å². The second kappa shape index (κ2) is 4.50. The third kappa shape index (κ3) is 2.61. The molecule has 1 aromatic carbocycles. The molecular formula is C13H12F3N3O. The van der Waals surface area contributed by atoms with Crippen LogP contribution < -0.4 is 0 Å². The van der Waals surface area contributed by atoms with E-state index in [1.165, 1.54) is 12.1 Å². The second-order valence-corrected chi connectivity index (χ2v) is 4.95. The SMILES string of the molecule is O=C(c1ccc2cn[nH]c2c1)N(CC(F)(F)F)C1CC1. The molecule has 1 aliphatic carbocycles. The molecule has 106 valence electrons. The number of aromatic nitrogens is 2. The van der Waals surface area contributed by atoms with Gasteiger partial charge in [0.15, 0.2) is 0 Å². The van der Waals surface area contributed by atoms with Crippen LogP contribution in [0.4, 0.5) is 13.2 Å². The van der Waals surface area contributed by atoms with Crippen LogP contribution in [-0.2, 0) is 0 Å². The minimum Gasteiger partial charge on any atom is -0.327 e. The van der Waals surface area contributed by atoms with E-state index in [1.807, 2.05) is 0 Å². The van der Waals surface area contributed by atoms with Crippen molar-refractivity contribution in [1.82, 2.24) is 15.1 Å². The number of halogens is 3. The Bertz CT molecular complexity index is 646. The minimum absolute atomic E-state index is 0.248. The molecule has 0 unspecified atom stereocenters. The first-order chi connectivity index (χ1) is 9.44. The van der Waals surface area contributed by atoms with Crippen molar-refractivity contribution in [2.75, 3.05) is 6.54 Å².